The molecule has 0 atom stereocenters. The molecule has 0 amide bonds. The molecule has 0 radical (unpaired) electrons. The Bertz CT molecular complexity index is 1610. The fourth-order valence-electron chi connectivity index (χ4n) is 4.87. The molecule has 0 nitrogen and oxygen atoms in total. The van der Waals surface area contributed by atoms with Crippen LogP contribution in [-0.2, 0) is 0 Å². The summed E-state index contributed by atoms with van der Waals surface area (Å²) in [5.41, 5.74) is 3.14. The molecule has 6 rings (SSSR count). The van der Waals surface area contributed by atoms with Crippen molar-refractivity contribution in [3.63, 3.8) is 0 Å². The van der Waals surface area contributed by atoms with E-state index in [0.29, 0.717) is 11.1 Å². The zero-order valence-corrected chi connectivity index (χ0v) is 17.4. The minimum Gasteiger partial charge on any atom is -0.204 e. The maximum atomic E-state index is 14.2. The van der Waals surface area contributed by atoms with Gasteiger partial charge in [-0.3, -0.25) is 0 Å². The number of hydrogen-bond acceptors (Lipinski definition) is 0. The van der Waals surface area contributed by atoms with Crippen LogP contribution < -0.4 is 0 Å². The Labute approximate surface area is 188 Å². The fourth-order valence-corrected chi connectivity index (χ4v) is 4.87. The van der Waals surface area contributed by atoms with Crippen molar-refractivity contribution in [1.82, 2.24) is 0 Å². The molecule has 0 fully saturated rings. The van der Waals surface area contributed by atoms with Gasteiger partial charge in [0.2, 0.25) is 0 Å². The summed E-state index contributed by atoms with van der Waals surface area (Å²) in [7, 11) is 0. The number of halogens is 3. The van der Waals surface area contributed by atoms with Gasteiger partial charge in [0.25, 0.3) is 0 Å². The van der Waals surface area contributed by atoms with Crippen LogP contribution in [0.25, 0.3) is 54.6 Å². The Morgan fingerprint density at radius 1 is 0.424 bits per heavy atom. The van der Waals surface area contributed by atoms with Crippen LogP contribution in [0.5, 0.6) is 0 Å². The van der Waals surface area contributed by atoms with E-state index < -0.39 is 17.5 Å². The van der Waals surface area contributed by atoms with Gasteiger partial charge in [-0.15, -0.1) is 0 Å². The Morgan fingerprint density at radius 3 is 1.45 bits per heavy atom. The normalized spacial score (nSPS) is 11.5. The summed E-state index contributed by atoms with van der Waals surface area (Å²) in [6.45, 7) is 0. The van der Waals surface area contributed by atoms with E-state index in [4.69, 9.17) is 0 Å². The predicted octanol–water partition coefficient (Wildman–Crippen LogP) is 8.90. The second kappa shape index (κ2) is 7.49. The van der Waals surface area contributed by atoms with E-state index in [0.717, 1.165) is 55.6 Å². The van der Waals surface area contributed by atoms with Gasteiger partial charge in [0.05, 0.1) is 0 Å². The lowest BCUT2D eigenvalue weighted by molar-refractivity contribution is 0.448. The van der Waals surface area contributed by atoms with E-state index in [1.807, 2.05) is 66.7 Å². The third-order valence-corrected chi connectivity index (χ3v) is 6.26. The van der Waals surface area contributed by atoms with Crippen molar-refractivity contribution < 1.29 is 13.2 Å². The quantitative estimate of drug-likeness (QED) is 0.189. The van der Waals surface area contributed by atoms with Crippen LogP contribution in [-0.4, -0.2) is 0 Å². The molecule has 0 spiro atoms. The Hall–Kier alpha value is -4.11. The topological polar surface area (TPSA) is 0 Å². The van der Waals surface area contributed by atoms with Crippen LogP contribution in [0.4, 0.5) is 13.2 Å². The molecule has 158 valence electrons. The summed E-state index contributed by atoms with van der Waals surface area (Å²) in [5.74, 6) is -3.85. The van der Waals surface area contributed by atoms with Crippen molar-refractivity contribution in [2.75, 3.05) is 0 Å². The lowest BCUT2D eigenvalue weighted by Gasteiger charge is -2.19. The molecule has 0 unspecified atom stereocenters. The van der Waals surface area contributed by atoms with Crippen molar-refractivity contribution >= 4 is 32.3 Å². The standard InChI is InChI=1S/C30H17F3/c31-26-16-19(17-27(32)30(26)33)28-22-11-3-5-13-24(22)29(25-14-6-4-12-23(25)28)21-15-7-9-18-8-1-2-10-20(18)21/h1-17H. The maximum absolute atomic E-state index is 14.2. The van der Waals surface area contributed by atoms with Gasteiger partial charge in [-0.05, 0) is 66.7 Å². The molecular weight excluding hydrogens is 417 g/mol. The lowest BCUT2D eigenvalue weighted by Crippen LogP contribution is -1.95. The van der Waals surface area contributed by atoms with Gasteiger partial charge in [0.1, 0.15) is 0 Å². The zero-order valence-electron chi connectivity index (χ0n) is 17.4. The molecule has 0 aliphatic carbocycles. The van der Waals surface area contributed by atoms with Crippen molar-refractivity contribution in [3.8, 4) is 22.3 Å². The minimum absolute atomic E-state index is 0.309. The molecule has 0 aromatic heterocycles. The second-order valence-corrected chi connectivity index (χ2v) is 8.12. The molecule has 33 heavy (non-hydrogen) atoms. The minimum atomic E-state index is -1.46. The first-order chi connectivity index (χ1) is 16.1. The first-order valence-corrected chi connectivity index (χ1v) is 10.7. The highest BCUT2D eigenvalue weighted by atomic mass is 19.2. The van der Waals surface area contributed by atoms with Gasteiger partial charge < -0.3 is 0 Å². The Morgan fingerprint density at radius 2 is 0.879 bits per heavy atom. The summed E-state index contributed by atoms with van der Waals surface area (Å²) >= 11 is 0. The molecule has 0 bridgehead atoms. The second-order valence-electron chi connectivity index (χ2n) is 8.12. The molecule has 0 aliphatic rings. The van der Waals surface area contributed by atoms with Gasteiger partial charge in [0.15, 0.2) is 17.5 Å². The van der Waals surface area contributed by atoms with Crippen molar-refractivity contribution in [2.45, 2.75) is 0 Å². The third-order valence-electron chi connectivity index (χ3n) is 6.26. The highest BCUT2D eigenvalue weighted by Crippen LogP contribution is 2.45. The first-order valence-electron chi connectivity index (χ1n) is 10.7. The van der Waals surface area contributed by atoms with Gasteiger partial charge >= 0.3 is 0 Å². The highest BCUT2D eigenvalue weighted by Gasteiger charge is 2.19. The van der Waals surface area contributed by atoms with Crippen LogP contribution >= 0.6 is 0 Å². The van der Waals surface area contributed by atoms with E-state index in [9.17, 15) is 13.2 Å². The Kier molecular flexibility index (Phi) is 4.44. The van der Waals surface area contributed by atoms with Gasteiger partial charge in [-0.25, -0.2) is 13.2 Å². The highest BCUT2D eigenvalue weighted by molar-refractivity contribution is 6.23. The molecular formula is C30H17F3. The summed E-state index contributed by atoms with van der Waals surface area (Å²) in [6, 6.07) is 32.3. The molecule has 0 saturated heterocycles. The molecule has 6 aromatic carbocycles. The lowest BCUT2D eigenvalue weighted by atomic mass is 9.84. The molecule has 6 aromatic rings. The molecule has 3 heteroatoms. The van der Waals surface area contributed by atoms with Gasteiger partial charge in [-0.1, -0.05) is 91.0 Å². The van der Waals surface area contributed by atoms with Crippen molar-refractivity contribution in [3.05, 3.63) is 121 Å². The van der Waals surface area contributed by atoms with Crippen LogP contribution in [0.3, 0.4) is 0 Å². The van der Waals surface area contributed by atoms with Crippen molar-refractivity contribution in [2.24, 2.45) is 0 Å². The zero-order chi connectivity index (χ0) is 22.5. The van der Waals surface area contributed by atoms with Crippen LogP contribution in [0, 0.1) is 17.5 Å². The number of hydrogen-bond donors (Lipinski definition) is 0. The van der Waals surface area contributed by atoms with E-state index in [1.54, 1.807) is 0 Å². The molecule has 0 heterocycles. The van der Waals surface area contributed by atoms with Crippen molar-refractivity contribution in [1.29, 1.82) is 0 Å². The Balaban J connectivity index is 1.82. The molecule has 0 N–H and O–H groups in total. The SMILES string of the molecule is Fc1cc(-c2c3ccccc3c(-c3cccc4ccccc34)c3ccccc23)cc(F)c1F. The van der Waals surface area contributed by atoms with E-state index in [-0.39, 0.29) is 0 Å². The van der Waals surface area contributed by atoms with E-state index >= 15 is 0 Å². The monoisotopic (exact) mass is 434 g/mol. The smallest absolute Gasteiger partial charge is 0.194 e. The van der Waals surface area contributed by atoms with Crippen LogP contribution in [0.2, 0.25) is 0 Å². The van der Waals surface area contributed by atoms with Crippen LogP contribution in [0.1, 0.15) is 0 Å². The first kappa shape index (κ1) is 19.6. The number of fused-ring (bicyclic) bond motifs is 3. The molecule has 0 saturated carbocycles. The summed E-state index contributed by atoms with van der Waals surface area (Å²) in [4.78, 5) is 0. The largest absolute Gasteiger partial charge is 0.204 e. The van der Waals surface area contributed by atoms with Gasteiger partial charge in [-0.2, -0.15) is 0 Å². The predicted molar refractivity (Wildman–Crippen MR) is 130 cm³/mol. The fraction of sp³-hybridized carbons (Fsp3) is 0. The van der Waals surface area contributed by atoms with E-state index in [2.05, 4.69) is 24.3 Å². The van der Waals surface area contributed by atoms with Gasteiger partial charge in [0, 0.05) is 0 Å². The third kappa shape index (κ3) is 3.00. The summed E-state index contributed by atoms with van der Waals surface area (Å²) in [5, 5.41) is 5.89. The van der Waals surface area contributed by atoms with E-state index in [1.165, 1.54) is 0 Å². The number of rotatable bonds is 2. The average Bonchev–Trinajstić information content (AvgIpc) is 2.85. The van der Waals surface area contributed by atoms with Crippen LogP contribution in [0.15, 0.2) is 103 Å². The maximum Gasteiger partial charge on any atom is 0.194 e. The average molecular weight is 434 g/mol. The number of benzene rings is 6. The summed E-state index contributed by atoms with van der Waals surface area (Å²) < 4.78 is 42.2. The summed E-state index contributed by atoms with van der Waals surface area (Å²) in [6.07, 6.45) is 0. The molecule has 0 aliphatic heterocycles.